The van der Waals surface area contributed by atoms with Gasteiger partial charge in [-0.15, -0.1) is 0 Å². The molecule has 212 valence electrons. The fourth-order valence-corrected chi connectivity index (χ4v) is 6.01. The first-order valence-electron chi connectivity index (χ1n) is 14.1. The maximum absolute atomic E-state index is 14.0. The number of anilines is 2. The Morgan fingerprint density at radius 1 is 0.850 bits per heavy atom. The highest BCUT2D eigenvalue weighted by molar-refractivity contribution is 5.97. The molecule has 0 aliphatic carbocycles. The molecular weight excluding hydrogens is 508 g/mol. The zero-order valence-corrected chi connectivity index (χ0v) is 23.3. The van der Waals surface area contributed by atoms with Gasteiger partial charge in [-0.25, -0.2) is 4.79 Å². The number of para-hydroxylation sites is 1. The molecule has 3 aliphatic rings. The largest absolute Gasteiger partial charge is 0.339 e. The minimum atomic E-state index is -0.812. The number of hydrogen-bond donors (Lipinski definition) is 1. The summed E-state index contributed by atoms with van der Waals surface area (Å²) in [6.45, 7) is 6.76. The summed E-state index contributed by atoms with van der Waals surface area (Å²) in [6.07, 6.45) is 1.84. The van der Waals surface area contributed by atoms with Crippen LogP contribution >= 0.6 is 0 Å². The fourth-order valence-electron chi connectivity index (χ4n) is 6.01. The summed E-state index contributed by atoms with van der Waals surface area (Å²) in [5.41, 5.74) is 2.03. The highest BCUT2D eigenvalue weighted by atomic mass is 16.2. The monoisotopic (exact) mass is 546 g/mol. The van der Waals surface area contributed by atoms with Gasteiger partial charge in [-0.3, -0.25) is 14.4 Å². The second-order valence-corrected chi connectivity index (χ2v) is 10.8. The van der Waals surface area contributed by atoms with Crippen molar-refractivity contribution in [1.29, 1.82) is 0 Å². The molecule has 10 nitrogen and oxygen atoms in total. The number of likely N-dealkylation sites (tertiary alicyclic amines) is 1. The van der Waals surface area contributed by atoms with Crippen LogP contribution in [0.25, 0.3) is 0 Å². The van der Waals surface area contributed by atoms with Crippen molar-refractivity contribution >= 4 is 35.1 Å². The predicted molar refractivity (Wildman–Crippen MR) is 153 cm³/mol. The Bertz CT molecular complexity index is 1250. The standard InChI is InChI=1S/C30H38N6O4/c1-3-24-8-7-9-25(20-24)31-29(40)34-14-12-30(13-15-34)28(39)35(22-36(30)26-10-5-4-6-11-26)21-27(38)33-18-16-32(17-19-33)23(2)37/h4-11,20H,3,12-19,21-22H2,1-2H3,(H,31,40). The lowest BCUT2D eigenvalue weighted by Gasteiger charge is -2.43. The second kappa shape index (κ2) is 11.6. The number of aryl methyl sites for hydroxylation is 1. The van der Waals surface area contributed by atoms with E-state index in [1.54, 1.807) is 19.6 Å². The zero-order valence-electron chi connectivity index (χ0n) is 23.3. The Kier molecular flexibility index (Phi) is 7.95. The number of piperazine rings is 1. The van der Waals surface area contributed by atoms with Gasteiger partial charge in [-0.2, -0.15) is 0 Å². The van der Waals surface area contributed by atoms with Gasteiger partial charge in [0.1, 0.15) is 12.1 Å². The molecule has 0 unspecified atom stereocenters. The average molecular weight is 547 g/mol. The van der Waals surface area contributed by atoms with Crippen molar-refractivity contribution in [3.8, 4) is 0 Å². The van der Waals surface area contributed by atoms with E-state index in [9.17, 15) is 19.2 Å². The molecule has 0 aromatic heterocycles. The van der Waals surface area contributed by atoms with Crippen LogP contribution in [0.2, 0.25) is 0 Å². The van der Waals surface area contributed by atoms with Crippen molar-refractivity contribution in [2.24, 2.45) is 0 Å². The summed E-state index contributed by atoms with van der Waals surface area (Å²) in [7, 11) is 0. The number of hydrogen-bond acceptors (Lipinski definition) is 5. The van der Waals surface area contributed by atoms with Gasteiger partial charge in [0.25, 0.3) is 5.91 Å². The fraction of sp³-hybridized carbons (Fsp3) is 0.467. The predicted octanol–water partition coefficient (Wildman–Crippen LogP) is 2.61. The van der Waals surface area contributed by atoms with Crippen LogP contribution in [0.15, 0.2) is 54.6 Å². The first kappa shape index (κ1) is 27.5. The molecule has 0 saturated carbocycles. The van der Waals surface area contributed by atoms with Crippen LogP contribution in [0.3, 0.4) is 0 Å². The minimum Gasteiger partial charge on any atom is -0.339 e. The van der Waals surface area contributed by atoms with Crippen LogP contribution in [0.5, 0.6) is 0 Å². The minimum absolute atomic E-state index is 0.00194. The Labute approximate surface area is 235 Å². The van der Waals surface area contributed by atoms with E-state index in [1.807, 2.05) is 54.6 Å². The molecule has 2 aromatic rings. The van der Waals surface area contributed by atoms with Gasteiger partial charge in [-0.1, -0.05) is 37.3 Å². The van der Waals surface area contributed by atoms with Crippen molar-refractivity contribution < 1.29 is 19.2 Å². The summed E-state index contributed by atoms with van der Waals surface area (Å²) in [5.74, 6) is -0.160. The van der Waals surface area contributed by atoms with Crippen molar-refractivity contribution in [2.45, 2.75) is 38.6 Å². The lowest BCUT2D eigenvalue weighted by Crippen LogP contribution is -2.58. The first-order valence-corrected chi connectivity index (χ1v) is 14.1. The Balaban J connectivity index is 1.27. The normalized spacial score (nSPS) is 18.9. The summed E-state index contributed by atoms with van der Waals surface area (Å²) >= 11 is 0. The number of nitrogens with zero attached hydrogens (tertiary/aromatic N) is 5. The van der Waals surface area contributed by atoms with Crippen LogP contribution < -0.4 is 10.2 Å². The molecule has 3 fully saturated rings. The highest BCUT2D eigenvalue weighted by Gasteiger charge is 2.54. The van der Waals surface area contributed by atoms with E-state index in [0.29, 0.717) is 58.8 Å². The molecule has 5 rings (SSSR count). The molecule has 10 heteroatoms. The topological polar surface area (TPSA) is 96.5 Å². The van der Waals surface area contributed by atoms with E-state index in [4.69, 9.17) is 0 Å². The average Bonchev–Trinajstić information content (AvgIpc) is 3.24. The third kappa shape index (κ3) is 5.48. The van der Waals surface area contributed by atoms with Crippen molar-refractivity contribution in [3.05, 3.63) is 60.2 Å². The third-order valence-corrected chi connectivity index (χ3v) is 8.45. The van der Waals surface area contributed by atoms with E-state index in [-0.39, 0.29) is 30.3 Å². The molecule has 40 heavy (non-hydrogen) atoms. The number of nitrogens with one attached hydrogen (secondary N) is 1. The molecular formula is C30H38N6O4. The SMILES string of the molecule is CCc1cccc(NC(=O)N2CCC3(CC2)C(=O)N(CC(=O)N2CCN(C(C)=O)CC2)CN3c2ccccc2)c1. The quantitative estimate of drug-likeness (QED) is 0.622. The molecule has 3 aliphatic heterocycles. The molecule has 0 radical (unpaired) electrons. The summed E-state index contributed by atoms with van der Waals surface area (Å²) < 4.78 is 0. The number of benzene rings is 2. The van der Waals surface area contributed by atoms with E-state index in [0.717, 1.165) is 23.4 Å². The van der Waals surface area contributed by atoms with Crippen LogP contribution in [-0.4, -0.2) is 101 Å². The van der Waals surface area contributed by atoms with Crippen molar-refractivity contribution in [3.63, 3.8) is 0 Å². The molecule has 2 aromatic carbocycles. The number of amides is 5. The third-order valence-electron chi connectivity index (χ3n) is 8.45. The second-order valence-electron chi connectivity index (χ2n) is 10.8. The van der Waals surface area contributed by atoms with Gasteiger partial charge in [0.15, 0.2) is 0 Å². The van der Waals surface area contributed by atoms with Crippen molar-refractivity contribution in [1.82, 2.24) is 19.6 Å². The highest BCUT2D eigenvalue weighted by Crippen LogP contribution is 2.39. The van der Waals surface area contributed by atoms with Crippen LogP contribution in [0.1, 0.15) is 32.3 Å². The summed E-state index contributed by atoms with van der Waals surface area (Å²) in [5, 5.41) is 3.00. The molecule has 5 amide bonds. The summed E-state index contributed by atoms with van der Waals surface area (Å²) in [4.78, 5) is 61.0. The smallest absolute Gasteiger partial charge is 0.321 e. The van der Waals surface area contributed by atoms with Crippen molar-refractivity contribution in [2.75, 3.05) is 62.7 Å². The maximum atomic E-state index is 14.0. The van der Waals surface area contributed by atoms with E-state index in [2.05, 4.69) is 17.1 Å². The molecule has 0 atom stereocenters. The van der Waals surface area contributed by atoms with E-state index in [1.165, 1.54) is 6.92 Å². The van der Waals surface area contributed by atoms with E-state index < -0.39 is 5.54 Å². The van der Waals surface area contributed by atoms with Crippen LogP contribution in [0, 0.1) is 0 Å². The molecule has 3 saturated heterocycles. The summed E-state index contributed by atoms with van der Waals surface area (Å²) in [6, 6.07) is 17.5. The van der Waals surface area contributed by atoms with Crippen LogP contribution in [0.4, 0.5) is 16.2 Å². The Hall–Kier alpha value is -4.08. The van der Waals surface area contributed by atoms with Gasteiger partial charge in [0.05, 0.1) is 6.67 Å². The number of piperidine rings is 1. The van der Waals surface area contributed by atoms with Gasteiger partial charge < -0.3 is 29.8 Å². The molecule has 1 spiro atoms. The molecule has 1 N–H and O–H groups in total. The zero-order chi connectivity index (χ0) is 28.3. The Morgan fingerprint density at radius 3 is 2.17 bits per heavy atom. The number of rotatable bonds is 5. The van der Waals surface area contributed by atoms with Crippen LogP contribution in [-0.2, 0) is 20.8 Å². The Morgan fingerprint density at radius 2 is 1.52 bits per heavy atom. The van der Waals surface area contributed by atoms with Gasteiger partial charge in [0.2, 0.25) is 11.8 Å². The van der Waals surface area contributed by atoms with Gasteiger partial charge in [-0.05, 0) is 49.1 Å². The van der Waals surface area contributed by atoms with E-state index >= 15 is 0 Å². The number of carbonyl (C=O) groups is 4. The van der Waals surface area contributed by atoms with Gasteiger partial charge >= 0.3 is 6.03 Å². The van der Waals surface area contributed by atoms with Gasteiger partial charge in [0, 0.05) is 57.6 Å². The number of carbonyl (C=O) groups excluding carboxylic acids is 4. The number of urea groups is 1. The lowest BCUT2D eigenvalue weighted by molar-refractivity contribution is -0.143. The molecule has 3 heterocycles. The molecule has 0 bridgehead atoms. The first-order chi connectivity index (χ1) is 19.3. The maximum Gasteiger partial charge on any atom is 0.321 e. The lowest BCUT2D eigenvalue weighted by atomic mass is 9.85.